The van der Waals surface area contributed by atoms with Crippen molar-refractivity contribution in [2.75, 3.05) is 0 Å². The zero-order valence-electron chi connectivity index (χ0n) is 12.8. The molecule has 3 heterocycles. The number of hydrogen-bond acceptors (Lipinski definition) is 6. The van der Waals surface area contributed by atoms with Crippen LogP contribution >= 0.6 is 11.3 Å². The molecule has 0 aliphatic heterocycles. The topological polar surface area (TPSA) is 107 Å². The fourth-order valence-electron chi connectivity index (χ4n) is 2.49. The molecule has 25 heavy (non-hydrogen) atoms. The summed E-state index contributed by atoms with van der Waals surface area (Å²) in [5.74, 6) is 0.124. The van der Waals surface area contributed by atoms with Crippen LogP contribution in [0.5, 0.6) is 0 Å². The van der Waals surface area contributed by atoms with E-state index in [0.29, 0.717) is 21.9 Å². The minimum atomic E-state index is -0.426. The third-order valence-electron chi connectivity index (χ3n) is 3.66. The van der Waals surface area contributed by atoms with Crippen LogP contribution in [0.3, 0.4) is 0 Å². The average molecular weight is 353 g/mol. The van der Waals surface area contributed by atoms with Gasteiger partial charge in [0.15, 0.2) is 10.8 Å². The van der Waals surface area contributed by atoms with E-state index >= 15 is 0 Å². The van der Waals surface area contributed by atoms with Gasteiger partial charge in [0.2, 0.25) is 4.80 Å². The number of fused-ring (bicyclic) bond motifs is 1. The minimum absolute atomic E-state index is 0.0150. The molecule has 0 bridgehead atoms. The SMILES string of the molecule is N=C(Cc1cc2cccnc2cc1F)n1nc(-c2ncc[nH]2)sc1=N. The quantitative estimate of drug-likeness (QED) is 0.389. The summed E-state index contributed by atoms with van der Waals surface area (Å²) in [6.45, 7) is 0. The van der Waals surface area contributed by atoms with Crippen LogP contribution in [-0.4, -0.2) is 30.6 Å². The lowest BCUT2D eigenvalue weighted by atomic mass is 10.1. The molecule has 9 heteroatoms. The number of imidazole rings is 1. The third-order valence-corrected chi connectivity index (χ3v) is 4.50. The molecule has 0 amide bonds. The van der Waals surface area contributed by atoms with Crippen LogP contribution in [0.4, 0.5) is 4.39 Å². The van der Waals surface area contributed by atoms with E-state index in [9.17, 15) is 4.39 Å². The van der Waals surface area contributed by atoms with Gasteiger partial charge in [-0.2, -0.15) is 4.68 Å². The Bertz CT molecular complexity index is 1130. The highest BCUT2D eigenvalue weighted by Crippen LogP contribution is 2.19. The largest absolute Gasteiger partial charge is 0.343 e. The Balaban J connectivity index is 1.67. The number of aromatic nitrogens is 5. The normalized spacial score (nSPS) is 11.1. The number of benzene rings is 1. The average Bonchev–Trinajstić information content (AvgIpc) is 3.25. The molecule has 3 aromatic heterocycles. The van der Waals surface area contributed by atoms with E-state index in [0.717, 1.165) is 16.7 Å². The Morgan fingerprint density at radius 3 is 2.96 bits per heavy atom. The van der Waals surface area contributed by atoms with Crippen LogP contribution in [0.15, 0.2) is 42.9 Å². The lowest BCUT2D eigenvalue weighted by Gasteiger charge is -2.07. The summed E-state index contributed by atoms with van der Waals surface area (Å²) in [6.07, 6.45) is 4.88. The molecule has 1 aromatic carbocycles. The van der Waals surface area contributed by atoms with E-state index in [2.05, 4.69) is 20.1 Å². The molecule has 0 radical (unpaired) electrons. The molecule has 0 saturated heterocycles. The summed E-state index contributed by atoms with van der Waals surface area (Å²) in [7, 11) is 0. The smallest absolute Gasteiger partial charge is 0.206 e. The van der Waals surface area contributed by atoms with Gasteiger partial charge in [-0.25, -0.2) is 9.37 Å². The van der Waals surface area contributed by atoms with Crippen molar-refractivity contribution in [2.45, 2.75) is 6.42 Å². The summed E-state index contributed by atoms with van der Waals surface area (Å²) in [6, 6.07) is 6.66. The number of aromatic amines is 1. The van der Waals surface area contributed by atoms with Crippen LogP contribution in [0.1, 0.15) is 5.56 Å². The molecule has 0 unspecified atom stereocenters. The molecule has 124 valence electrons. The molecule has 4 aromatic rings. The van der Waals surface area contributed by atoms with Crippen molar-refractivity contribution >= 4 is 28.1 Å². The number of nitrogens with one attached hydrogen (secondary N) is 3. The minimum Gasteiger partial charge on any atom is -0.343 e. The predicted octanol–water partition coefficient (Wildman–Crippen LogP) is 2.57. The maximum absolute atomic E-state index is 14.3. The Morgan fingerprint density at radius 2 is 2.16 bits per heavy atom. The fourth-order valence-corrected chi connectivity index (χ4v) is 3.24. The number of nitrogens with zero attached hydrogens (tertiary/aromatic N) is 4. The number of rotatable bonds is 3. The zero-order valence-corrected chi connectivity index (χ0v) is 13.6. The van der Waals surface area contributed by atoms with Crippen molar-refractivity contribution in [3.63, 3.8) is 0 Å². The van der Waals surface area contributed by atoms with E-state index in [1.165, 1.54) is 10.7 Å². The van der Waals surface area contributed by atoms with Crippen LogP contribution < -0.4 is 4.80 Å². The fraction of sp³-hybridized carbons (Fsp3) is 0.0625. The van der Waals surface area contributed by atoms with Gasteiger partial charge in [-0.05, 0) is 17.7 Å². The van der Waals surface area contributed by atoms with Crippen molar-refractivity contribution < 1.29 is 4.39 Å². The lowest BCUT2D eigenvalue weighted by molar-refractivity contribution is 0.616. The monoisotopic (exact) mass is 353 g/mol. The summed E-state index contributed by atoms with van der Waals surface area (Å²) in [5, 5.41) is 21.8. The Morgan fingerprint density at radius 1 is 1.28 bits per heavy atom. The first-order valence-electron chi connectivity index (χ1n) is 7.37. The second-order valence-electron chi connectivity index (χ2n) is 5.33. The first-order valence-corrected chi connectivity index (χ1v) is 8.19. The van der Waals surface area contributed by atoms with Crippen molar-refractivity contribution in [3.8, 4) is 10.8 Å². The molecular weight excluding hydrogens is 341 g/mol. The van der Waals surface area contributed by atoms with Crippen LogP contribution in [-0.2, 0) is 6.42 Å². The second kappa shape index (κ2) is 6.02. The molecule has 4 rings (SSSR count). The van der Waals surface area contributed by atoms with E-state index in [-0.39, 0.29) is 17.1 Å². The number of pyridine rings is 1. The molecule has 0 atom stereocenters. The summed E-state index contributed by atoms with van der Waals surface area (Å²) in [5.41, 5.74) is 0.933. The van der Waals surface area contributed by atoms with Gasteiger partial charge in [-0.3, -0.25) is 15.8 Å². The van der Waals surface area contributed by atoms with Crippen molar-refractivity contribution in [2.24, 2.45) is 0 Å². The highest BCUT2D eigenvalue weighted by atomic mass is 32.1. The van der Waals surface area contributed by atoms with Crippen molar-refractivity contribution in [3.05, 3.63) is 59.0 Å². The van der Waals surface area contributed by atoms with E-state index in [1.54, 1.807) is 30.7 Å². The first-order chi connectivity index (χ1) is 12.1. The molecule has 0 aliphatic rings. The van der Waals surface area contributed by atoms with Gasteiger partial charge in [0.05, 0.1) is 5.52 Å². The highest BCUT2D eigenvalue weighted by molar-refractivity contribution is 7.12. The summed E-state index contributed by atoms with van der Waals surface area (Å²) >= 11 is 1.10. The van der Waals surface area contributed by atoms with Crippen molar-refractivity contribution in [1.82, 2.24) is 24.7 Å². The Labute approximate surface area is 144 Å². The second-order valence-corrected chi connectivity index (χ2v) is 6.30. The maximum atomic E-state index is 14.3. The van der Waals surface area contributed by atoms with Gasteiger partial charge >= 0.3 is 0 Å². The Hall–Kier alpha value is -3.20. The molecule has 0 fully saturated rings. The Kier molecular flexibility index (Phi) is 3.69. The van der Waals surface area contributed by atoms with Crippen molar-refractivity contribution in [1.29, 1.82) is 10.8 Å². The molecule has 7 nitrogen and oxygen atoms in total. The first kappa shape index (κ1) is 15.3. The standard InChI is InChI=1S/C16H12FN7S/c17-11-8-12-9(2-1-3-20-12)6-10(11)7-13(18)24-16(19)25-15(23-24)14-21-4-5-22-14/h1-6,8,18-19H,7H2,(H,21,22). The van der Waals surface area contributed by atoms with Gasteiger partial charge in [0, 0.05) is 36.5 Å². The van der Waals surface area contributed by atoms with E-state index in [1.807, 2.05) is 6.07 Å². The number of halogens is 1. The number of hydrogen-bond donors (Lipinski definition) is 3. The molecule has 0 aliphatic carbocycles. The number of H-pyrrole nitrogens is 1. The lowest BCUT2D eigenvalue weighted by Crippen LogP contribution is -2.25. The molecule has 0 saturated carbocycles. The summed E-state index contributed by atoms with van der Waals surface area (Å²) in [4.78, 5) is 11.2. The van der Waals surface area contributed by atoms with Gasteiger partial charge in [-0.15, -0.1) is 5.10 Å². The van der Waals surface area contributed by atoms with Gasteiger partial charge in [-0.1, -0.05) is 17.4 Å². The maximum Gasteiger partial charge on any atom is 0.206 e. The third kappa shape index (κ3) is 2.85. The zero-order chi connectivity index (χ0) is 17.4. The molecule has 3 N–H and O–H groups in total. The van der Waals surface area contributed by atoms with E-state index < -0.39 is 5.82 Å². The van der Waals surface area contributed by atoms with Crippen LogP contribution in [0.25, 0.3) is 21.7 Å². The van der Waals surface area contributed by atoms with Gasteiger partial charge in [0.1, 0.15) is 11.7 Å². The highest BCUT2D eigenvalue weighted by Gasteiger charge is 2.14. The van der Waals surface area contributed by atoms with Crippen LogP contribution in [0.2, 0.25) is 0 Å². The predicted molar refractivity (Wildman–Crippen MR) is 92.1 cm³/mol. The van der Waals surface area contributed by atoms with Crippen LogP contribution in [0, 0.1) is 16.6 Å². The summed E-state index contributed by atoms with van der Waals surface area (Å²) < 4.78 is 15.5. The van der Waals surface area contributed by atoms with Gasteiger partial charge in [0.25, 0.3) is 0 Å². The van der Waals surface area contributed by atoms with Gasteiger partial charge < -0.3 is 4.98 Å². The molecule has 0 spiro atoms. The molecular formula is C16H12FN7S. The van der Waals surface area contributed by atoms with E-state index in [4.69, 9.17) is 10.8 Å².